The van der Waals surface area contributed by atoms with Crippen LogP contribution in [0.3, 0.4) is 0 Å². The van der Waals surface area contributed by atoms with Gasteiger partial charge in [0.1, 0.15) is 5.82 Å². The third kappa shape index (κ3) is 1.81. The lowest BCUT2D eigenvalue weighted by molar-refractivity contribution is -0.123. The number of nitrogens with zero attached hydrogens (tertiary/aromatic N) is 1. The number of carbonyl (C=O) groups excluding carboxylic acids is 1. The summed E-state index contributed by atoms with van der Waals surface area (Å²) in [5.41, 5.74) is 2.48. The first kappa shape index (κ1) is 13.5. The lowest BCUT2D eigenvalue weighted by Gasteiger charge is -2.32. The molecule has 2 aliphatic rings. The highest BCUT2D eigenvalue weighted by molar-refractivity contribution is 6.13. The summed E-state index contributed by atoms with van der Waals surface area (Å²) in [4.78, 5) is 15.0. The standard InChI is InChI=1S/C19H18FNO/c20-14-8-10-15(11-9-14)21-17-7-3-2-6-16(17)19(18(21)22)12-4-1-5-13-19/h2-3,6-11H,1,4-5,12-13H2. The monoisotopic (exact) mass is 295 g/mol. The lowest BCUT2D eigenvalue weighted by Crippen LogP contribution is -2.39. The number of para-hydroxylation sites is 1. The van der Waals surface area contributed by atoms with Crippen LogP contribution in [0.25, 0.3) is 0 Å². The summed E-state index contributed by atoms with van der Waals surface area (Å²) in [5, 5.41) is 0. The molecule has 3 heteroatoms. The Hall–Kier alpha value is -2.16. The SMILES string of the molecule is O=C1N(c2ccc(F)cc2)c2ccccc2C12CCCCC2. The topological polar surface area (TPSA) is 20.3 Å². The molecule has 4 rings (SSSR count). The Kier molecular flexibility index (Phi) is 3.03. The largest absolute Gasteiger partial charge is 0.280 e. The van der Waals surface area contributed by atoms with Crippen LogP contribution < -0.4 is 4.90 Å². The Balaban J connectivity index is 1.87. The number of benzene rings is 2. The van der Waals surface area contributed by atoms with Gasteiger partial charge < -0.3 is 0 Å². The average molecular weight is 295 g/mol. The predicted molar refractivity (Wildman–Crippen MR) is 84.8 cm³/mol. The molecule has 2 aromatic carbocycles. The summed E-state index contributed by atoms with van der Waals surface area (Å²) in [5.74, 6) is -0.129. The fraction of sp³-hybridized carbons (Fsp3) is 0.316. The Morgan fingerprint density at radius 2 is 1.59 bits per heavy atom. The first-order valence-electron chi connectivity index (χ1n) is 7.92. The molecule has 2 nitrogen and oxygen atoms in total. The molecule has 0 radical (unpaired) electrons. The molecule has 0 bridgehead atoms. The highest BCUT2D eigenvalue weighted by Gasteiger charge is 2.51. The van der Waals surface area contributed by atoms with E-state index in [2.05, 4.69) is 6.07 Å². The van der Waals surface area contributed by atoms with Crippen LogP contribution in [0.2, 0.25) is 0 Å². The van der Waals surface area contributed by atoms with E-state index in [4.69, 9.17) is 0 Å². The number of amides is 1. The minimum Gasteiger partial charge on any atom is -0.280 e. The number of halogens is 1. The second-order valence-electron chi connectivity index (χ2n) is 6.28. The molecule has 1 aliphatic heterocycles. The van der Waals surface area contributed by atoms with Gasteiger partial charge in [0.15, 0.2) is 0 Å². The number of rotatable bonds is 1. The molecule has 1 saturated carbocycles. The summed E-state index contributed by atoms with van der Waals surface area (Å²) in [6.07, 6.45) is 5.23. The quantitative estimate of drug-likeness (QED) is 0.746. The highest BCUT2D eigenvalue weighted by Crippen LogP contribution is 2.52. The van der Waals surface area contributed by atoms with Gasteiger partial charge in [-0.25, -0.2) is 4.39 Å². The number of carbonyl (C=O) groups is 1. The van der Waals surface area contributed by atoms with Crippen molar-refractivity contribution in [3.05, 3.63) is 59.9 Å². The Morgan fingerprint density at radius 3 is 2.32 bits per heavy atom. The Bertz CT molecular complexity index is 716. The molecule has 0 unspecified atom stereocenters. The van der Waals surface area contributed by atoms with Gasteiger partial charge in [0, 0.05) is 5.69 Å². The van der Waals surface area contributed by atoms with Crippen molar-refractivity contribution in [3.63, 3.8) is 0 Å². The fourth-order valence-electron chi connectivity index (χ4n) is 4.00. The number of fused-ring (bicyclic) bond motifs is 2. The summed E-state index contributed by atoms with van der Waals surface area (Å²) in [7, 11) is 0. The summed E-state index contributed by atoms with van der Waals surface area (Å²) in [6.45, 7) is 0. The van der Waals surface area contributed by atoms with Gasteiger partial charge in [-0.05, 0) is 48.7 Å². The maximum Gasteiger partial charge on any atom is 0.242 e. The van der Waals surface area contributed by atoms with Gasteiger partial charge in [0.05, 0.1) is 11.1 Å². The molecule has 1 spiro atoms. The molecule has 22 heavy (non-hydrogen) atoms. The third-order valence-electron chi connectivity index (χ3n) is 5.06. The van der Waals surface area contributed by atoms with Crippen molar-refractivity contribution in [2.24, 2.45) is 0 Å². The normalized spacial score (nSPS) is 19.5. The molecule has 1 heterocycles. The van der Waals surface area contributed by atoms with Crippen LogP contribution in [0.5, 0.6) is 0 Å². The number of hydrogen-bond donors (Lipinski definition) is 0. The van der Waals surface area contributed by atoms with Crippen molar-refractivity contribution in [1.82, 2.24) is 0 Å². The van der Waals surface area contributed by atoms with Gasteiger partial charge in [0.25, 0.3) is 0 Å². The van der Waals surface area contributed by atoms with E-state index < -0.39 is 0 Å². The zero-order valence-corrected chi connectivity index (χ0v) is 12.4. The second kappa shape index (κ2) is 4.94. The van der Waals surface area contributed by atoms with Crippen molar-refractivity contribution in [2.75, 3.05) is 4.90 Å². The average Bonchev–Trinajstić information content (AvgIpc) is 2.79. The molecular weight excluding hydrogens is 277 g/mol. The molecule has 0 atom stereocenters. The predicted octanol–water partition coefficient (Wildman–Crippen LogP) is 4.71. The minimum absolute atomic E-state index is 0.153. The van der Waals surface area contributed by atoms with E-state index >= 15 is 0 Å². The van der Waals surface area contributed by atoms with Crippen LogP contribution in [0.15, 0.2) is 48.5 Å². The zero-order valence-electron chi connectivity index (χ0n) is 12.4. The van der Waals surface area contributed by atoms with Gasteiger partial charge >= 0.3 is 0 Å². The van der Waals surface area contributed by atoms with Crippen LogP contribution in [0, 0.1) is 5.82 Å². The first-order chi connectivity index (χ1) is 10.7. The molecule has 1 amide bonds. The van der Waals surface area contributed by atoms with Gasteiger partial charge in [-0.2, -0.15) is 0 Å². The summed E-state index contributed by atoms with van der Waals surface area (Å²) in [6, 6.07) is 14.3. The van der Waals surface area contributed by atoms with Crippen molar-refractivity contribution in [3.8, 4) is 0 Å². The summed E-state index contributed by atoms with van der Waals surface area (Å²) >= 11 is 0. The summed E-state index contributed by atoms with van der Waals surface area (Å²) < 4.78 is 13.2. The zero-order chi connectivity index (χ0) is 15.2. The van der Waals surface area contributed by atoms with Crippen LogP contribution in [0.1, 0.15) is 37.7 Å². The van der Waals surface area contributed by atoms with E-state index in [0.717, 1.165) is 42.6 Å². The molecule has 0 aromatic heterocycles. The van der Waals surface area contributed by atoms with Gasteiger partial charge in [0.2, 0.25) is 5.91 Å². The van der Waals surface area contributed by atoms with E-state index in [9.17, 15) is 9.18 Å². The fourth-order valence-corrected chi connectivity index (χ4v) is 4.00. The van der Waals surface area contributed by atoms with Crippen molar-refractivity contribution < 1.29 is 9.18 Å². The second-order valence-corrected chi connectivity index (χ2v) is 6.28. The van der Waals surface area contributed by atoms with Crippen LogP contribution in [0.4, 0.5) is 15.8 Å². The Morgan fingerprint density at radius 1 is 0.909 bits per heavy atom. The minimum atomic E-state index is -0.372. The first-order valence-corrected chi connectivity index (χ1v) is 7.92. The number of hydrogen-bond acceptors (Lipinski definition) is 1. The molecule has 1 fully saturated rings. The highest BCUT2D eigenvalue weighted by atomic mass is 19.1. The van der Waals surface area contributed by atoms with Gasteiger partial charge in [-0.15, -0.1) is 0 Å². The van der Waals surface area contributed by atoms with E-state index in [1.807, 2.05) is 18.2 Å². The van der Waals surface area contributed by atoms with E-state index in [0.29, 0.717) is 0 Å². The van der Waals surface area contributed by atoms with E-state index in [1.165, 1.54) is 18.6 Å². The maximum absolute atomic E-state index is 13.3. The van der Waals surface area contributed by atoms with Gasteiger partial charge in [-0.1, -0.05) is 37.5 Å². The maximum atomic E-state index is 13.3. The van der Waals surface area contributed by atoms with E-state index in [1.54, 1.807) is 17.0 Å². The molecule has 0 saturated heterocycles. The van der Waals surface area contributed by atoms with Crippen molar-refractivity contribution >= 4 is 17.3 Å². The molecule has 2 aromatic rings. The number of anilines is 2. The molecule has 0 N–H and O–H groups in total. The Labute approximate surface area is 129 Å². The van der Waals surface area contributed by atoms with Crippen LogP contribution in [-0.2, 0) is 10.2 Å². The lowest BCUT2D eigenvalue weighted by atomic mass is 9.70. The molecule has 112 valence electrons. The van der Waals surface area contributed by atoms with Crippen LogP contribution >= 0.6 is 0 Å². The van der Waals surface area contributed by atoms with E-state index in [-0.39, 0.29) is 17.1 Å². The molecule has 1 aliphatic carbocycles. The van der Waals surface area contributed by atoms with Gasteiger partial charge in [-0.3, -0.25) is 9.69 Å². The third-order valence-corrected chi connectivity index (χ3v) is 5.06. The van der Waals surface area contributed by atoms with Crippen molar-refractivity contribution in [1.29, 1.82) is 0 Å². The smallest absolute Gasteiger partial charge is 0.242 e. The van der Waals surface area contributed by atoms with Crippen LogP contribution in [-0.4, -0.2) is 5.91 Å². The van der Waals surface area contributed by atoms with Crippen molar-refractivity contribution in [2.45, 2.75) is 37.5 Å². The molecular formula is C19H18FNO.